The number of rotatable bonds is 7. The number of ether oxygens (including phenoxy) is 3. The van der Waals surface area contributed by atoms with Gasteiger partial charge in [-0.1, -0.05) is 42.5 Å². The number of allylic oxidation sites excluding steroid dienone is 1. The first kappa shape index (κ1) is 21.7. The highest BCUT2D eigenvalue weighted by Gasteiger charge is 2.10. The zero-order valence-electron chi connectivity index (χ0n) is 17.7. The van der Waals surface area contributed by atoms with Gasteiger partial charge in [-0.3, -0.25) is 0 Å². The van der Waals surface area contributed by atoms with E-state index >= 15 is 0 Å². The molecule has 0 spiro atoms. The number of nitrogens with zero attached hydrogens (tertiary/aromatic N) is 1. The molecule has 31 heavy (non-hydrogen) atoms. The third-order valence-corrected chi connectivity index (χ3v) is 4.68. The first-order valence-electron chi connectivity index (χ1n) is 9.76. The monoisotopic (exact) mass is 413 g/mol. The van der Waals surface area contributed by atoms with Crippen molar-refractivity contribution in [2.75, 3.05) is 13.7 Å². The van der Waals surface area contributed by atoms with Gasteiger partial charge in [-0.15, -0.1) is 0 Å². The number of hydrogen-bond donors (Lipinski definition) is 0. The number of hydrogen-bond acceptors (Lipinski definition) is 5. The lowest BCUT2D eigenvalue weighted by Crippen LogP contribution is -2.18. The molecule has 0 aliphatic heterocycles. The van der Waals surface area contributed by atoms with Crippen LogP contribution in [0.5, 0.6) is 17.2 Å². The molecule has 156 valence electrons. The fraction of sp³-hybridized carbons (Fsp3) is 0.154. The van der Waals surface area contributed by atoms with Crippen LogP contribution in [0.4, 0.5) is 0 Å². The molecular formula is C26H23NO4. The summed E-state index contributed by atoms with van der Waals surface area (Å²) in [5.41, 5.74) is 3.92. The van der Waals surface area contributed by atoms with Crippen molar-refractivity contribution in [3.05, 3.63) is 89.0 Å². The minimum Gasteiger partial charge on any atom is -0.496 e. The molecular weight excluding hydrogens is 390 g/mol. The second-order valence-corrected chi connectivity index (χ2v) is 6.92. The lowest BCUT2D eigenvalue weighted by molar-refractivity contribution is -0.136. The van der Waals surface area contributed by atoms with Crippen molar-refractivity contribution in [2.45, 2.75) is 13.8 Å². The lowest BCUT2D eigenvalue weighted by Gasteiger charge is -2.11. The Balaban J connectivity index is 1.66. The Morgan fingerprint density at radius 1 is 0.968 bits per heavy atom. The number of para-hydroxylation sites is 2. The topological polar surface area (TPSA) is 68.5 Å². The summed E-state index contributed by atoms with van der Waals surface area (Å²) in [5.74, 6) is 1.24. The highest BCUT2D eigenvalue weighted by atomic mass is 16.6. The molecule has 0 N–H and O–H groups in total. The van der Waals surface area contributed by atoms with Crippen molar-refractivity contribution < 1.29 is 19.0 Å². The number of benzene rings is 3. The normalized spacial score (nSPS) is 10.8. The molecule has 0 fully saturated rings. The molecule has 3 aromatic rings. The molecule has 5 nitrogen and oxygen atoms in total. The molecule has 0 radical (unpaired) electrons. The van der Waals surface area contributed by atoms with E-state index in [4.69, 9.17) is 14.2 Å². The molecule has 3 aromatic carbocycles. The summed E-state index contributed by atoms with van der Waals surface area (Å²) in [5, 5.41) is 9.57. The first-order valence-corrected chi connectivity index (χ1v) is 9.76. The van der Waals surface area contributed by atoms with Crippen molar-refractivity contribution in [1.82, 2.24) is 0 Å². The van der Waals surface area contributed by atoms with Gasteiger partial charge in [-0.05, 0) is 60.9 Å². The van der Waals surface area contributed by atoms with Gasteiger partial charge >= 0.3 is 5.97 Å². The van der Waals surface area contributed by atoms with Gasteiger partial charge in [-0.25, -0.2) is 4.79 Å². The molecule has 0 saturated carbocycles. The molecule has 0 heterocycles. The fourth-order valence-electron chi connectivity index (χ4n) is 3.16. The third kappa shape index (κ3) is 5.52. The molecule has 0 saturated heterocycles. The predicted octanol–water partition coefficient (Wildman–Crippen LogP) is 5.36. The number of esters is 1. The summed E-state index contributed by atoms with van der Waals surface area (Å²) in [6.45, 7) is 3.68. The van der Waals surface area contributed by atoms with E-state index in [1.165, 1.54) is 0 Å². The van der Waals surface area contributed by atoms with Crippen molar-refractivity contribution >= 4 is 17.6 Å². The molecule has 0 atom stereocenters. The second kappa shape index (κ2) is 10.1. The highest BCUT2D eigenvalue weighted by Crippen LogP contribution is 2.27. The zero-order chi connectivity index (χ0) is 22.2. The smallest absolute Gasteiger partial charge is 0.349 e. The second-order valence-electron chi connectivity index (χ2n) is 6.92. The molecule has 0 aliphatic rings. The van der Waals surface area contributed by atoms with Crippen molar-refractivity contribution in [3.63, 3.8) is 0 Å². The van der Waals surface area contributed by atoms with Gasteiger partial charge in [0.2, 0.25) is 0 Å². The van der Waals surface area contributed by atoms with Crippen LogP contribution < -0.4 is 14.2 Å². The van der Waals surface area contributed by atoms with E-state index in [1.54, 1.807) is 37.5 Å². The van der Waals surface area contributed by atoms with Crippen LogP contribution >= 0.6 is 0 Å². The fourth-order valence-corrected chi connectivity index (χ4v) is 3.16. The Kier molecular flexibility index (Phi) is 7.08. The molecule has 0 amide bonds. The van der Waals surface area contributed by atoms with Gasteiger partial charge < -0.3 is 14.2 Å². The summed E-state index contributed by atoms with van der Waals surface area (Å²) in [6.07, 6.45) is 1.76. The maximum absolute atomic E-state index is 12.2. The summed E-state index contributed by atoms with van der Waals surface area (Å²) in [4.78, 5) is 12.2. The largest absolute Gasteiger partial charge is 0.496 e. The minimum absolute atomic E-state index is 0.181. The van der Waals surface area contributed by atoms with Crippen LogP contribution in [0.3, 0.4) is 0 Å². The van der Waals surface area contributed by atoms with Crippen molar-refractivity contribution in [2.24, 2.45) is 0 Å². The van der Waals surface area contributed by atoms with Crippen LogP contribution in [0, 0.1) is 25.2 Å². The predicted molar refractivity (Wildman–Crippen MR) is 120 cm³/mol. The summed E-state index contributed by atoms with van der Waals surface area (Å²) >= 11 is 0. The number of nitriles is 1. The van der Waals surface area contributed by atoms with E-state index in [9.17, 15) is 10.1 Å². The van der Waals surface area contributed by atoms with Crippen LogP contribution in [-0.4, -0.2) is 19.7 Å². The SMILES string of the molecule is COc1ccccc1/C(C#N)=C\c1ccc(OC(=O)COc2c(C)cccc2C)cc1. The average Bonchev–Trinajstić information content (AvgIpc) is 2.78. The van der Waals surface area contributed by atoms with Crippen LogP contribution in [0.1, 0.15) is 22.3 Å². The van der Waals surface area contributed by atoms with E-state index in [0.29, 0.717) is 28.4 Å². The van der Waals surface area contributed by atoms with Gasteiger partial charge in [0.05, 0.1) is 18.8 Å². The Morgan fingerprint density at radius 3 is 2.29 bits per heavy atom. The van der Waals surface area contributed by atoms with E-state index in [-0.39, 0.29) is 6.61 Å². The van der Waals surface area contributed by atoms with Crippen LogP contribution in [0.25, 0.3) is 11.6 Å². The average molecular weight is 413 g/mol. The van der Waals surface area contributed by atoms with Gasteiger partial charge in [-0.2, -0.15) is 5.26 Å². The highest BCUT2D eigenvalue weighted by molar-refractivity contribution is 5.91. The lowest BCUT2D eigenvalue weighted by atomic mass is 10.0. The van der Waals surface area contributed by atoms with Crippen LogP contribution in [0.15, 0.2) is 66.7 Å². The van der Waals surface area contributed by atoms with Crippen LogP contribution in [-0.2, 0) is 4.79 Å². The number of carbonyl (C=O) groups excluding carboxylic acids is 1. The van der Waals surface area contributed by atoms with Gasteiger partial charge in [0, 0.05) is 5.56 Å². The van der Waals surface area contributed by atoms with E-state index in [1.807, 2.05) is 56.3 Å². The third-order valence-electron chi connectivity index (χ3n) is 4.68. The van der Waals surface area contributed by atoms with E-state index in [0.717, 1.165) is 16.7 Å². The Hall–Kier alpha value is -4.04. The molecule has 0 bridgehead atoms. The standard InChI is InChI=1S/C26H23NO4/c1-18-7-6-8-19(2)26(18)30-17-25(28)31-22-13-11-20(12-14-22)15-21(16-27)23-9-4-5-10-24(23)29-3/h4-15H,17H2,1-3H3/b21-15-. The van der Waals surface area contributed by atoms with Gasteiger partial charge in [0.25, 0.3) is 0 Å². The van der Waals surface area contributed by atoms with Crippen molar-refractivity contribution in [3.8, 4) is 23.3 Å². The number of methoxy groups -OCH3 is 1. The summed E-state index contributed by atoms with van der Waals surface area (Å²) < 4.78 is 16.3. The number of carbonyl (C=O) groups is 1. The van der Waals surface area contributed by atoms with Gasteiger partial charge in [0.15, 0.2) is 6.61 Å². The molecule has 0 aliphatic carbocycles. The van der Waals surface area contributed by atoms with Gasteiger partial charge in [0.1, 0.15) is 17.2 Å². The molecule has 5 heteroatoms. The van der Waals surface area contributed by atoms with Crippen LogP contribution in [0.2, 0.25) is 0 Å². The maximum atomic E-state index is 12.2. The molecule has 3 rings (SSSR count). The first-order chi connectivity index (χ1) is 15.0. The number of aryl methyl sites for hydroxylation is 2. The summed E-state index contributed by atoms with van der Waals surface area (Å²) in [7, 11) is 1.57. The zero-order valence-corrected chi connectivity index (χ0v) is 17.7. The maximum Gasteiger partial charge on any atom is 0.349 e. The van der Waals surface area contributed by atoms with Crippen molar-refractivity contribution in [1.29, 1.82) is 5.26 Å². The Labute approximate surface area is 182 Å². The molecule has 0 aromatic heterocycles. The molecule has 0 unspecified atom stereocenters. The summed E-state index contributed by atoms with van der Waals surface area (Å²) in [6, 6.07) is 22.3. The quantitative estimate of drug-likeness (QED) is 0.226. The minimum atomic E-state index is -0.488. The van der Waals surface area contributed by atoms with E-state index in [2.05, 4.69) is 6.07 Å². The Bertz CT molecular complexity index is 1120. The Morgan fingerprint density at radius 2 is 1.65 bits per heavy atom. The van der Waals surface area contributed by atoms with E-state index < -0.39 is 5.97 Å².